The van der Waals surface area contributed by atoms with Crippen LogP contribution in [0, 0.1) is 6.07 Å². The second-order valence-corrected chi connectivity index (χ2v) is 5.08. The minimum Gasteiger partial charge on any atom is -0.456 e. The van der Waals surface area contributed by atoms with Gasteiger partial charge < -0.3 is 4.74 Å². The molecule has 1 heteroatoms. The normalized spacial score (nSPS) is 10.5. The third kappa shape index (κ3) is 3.86. The molecular formula is C19H23O. The highest BCUT2D eigenvalue weighted by molar-refractivity contribution is 5.42. The molecule has 0 aliphatic rings. The van der Waals surface area contributed by atoms with Gasteiger partial charge in [0.1, 0.15) is 11.5 Å². The first-order valence-electron chi connectivity index (χ1n) is 7.60. The summed E-state index contributed by atoms with van der Waals surface area (Å²) in [6, 6.07) is 17.4. The van der Waals surface area contributed by atoms with Crippen LogP contribution >= 0.6 is 0 Å². The molecule has 0 saturated heterocycles. The zero-order valence-corrected chi connectivity index (χ0v) is 12.5. The van der Waals surface area contributed by atoms with Crippen LogP contribution in [-0.4, -0.2) is 0 Å². The lowest BCUT2D eigenvalue weighted by atomic mass is 9.98. The minimum atomic E-state index is 0.884. The Morgan fingerprint density at radius 1 is 0.950 bits per heavy atom. The molecule has 0 unspecified atom stereocenters. The molecule has 0 N–H and O–H groups in total. The molecule has 0 aromatic heterocycles. The molecule has 2 rings (SSSR count). The van der Waals surface area contributed by atoms with Gasteiger partial charge >= 0.3 is 0 Å². The van der Waals surface area contributed by atoms with Gasteiger partial charge in [-0.1, -0.05) is 57.0 Å². The van der Waals surface area contributed by atoms with Crippen molar-refractivity contribution in [2.45, 2.75) is 46.0 Å². The number of unbranched alkanes of at least 4 members (excludes halogenated alkanes) is 1. The van der Waals surface area contributed by atoms with E-state index >= 15 is 0 Å². The Morgan fingerprint density at radius 3 is 2.45 bits per heavy atom. The summed E-state index contributed by atoms with van der Waals surface area (Å²) in [5.74, 6) is 1.78. The Hall–Kier alpha value is -1.76. The smallest absolute Gasteiger partial charge is 0.138 e. The van der Waals surface area contributed by atoms with Crippen LogP contribution in [0.1, 0.15) is 44.2 Å². The molecule has 20 heavy (non-hydrogen) atoms. The summed E-state index contributed by atoms with van der Waals surface area (Å²) in [4.78, 5) is 0. The minimum absolute atomic E-state index is 0.884. The van der Waals surface area contributed by atoms with Crippen LogP contribution in [0.2, 0.25) is 0 Å². The largest absolute Gasteiger partial charge is 0.456 e. The van der Waals surface area contributed by atoms with Crippen molar-refractivity contribution in [3.8, 4) is 11.5 Å². The van der Waals surface area contributed by atoms with E-state index in [2.05, 4.69) is 26.0 Å². The maximum atomic E-state index is 6.04. The Bertz CT molecular complexity index is 517. The van der Waals surface area contributed by atoms with Gasteiger partial charge in [-0.25, -0.2) is 0 Å². The first-order valence-corrected chi connectivity index (χ1v) is 7.60. The van der Waals surface area contributed by atoms with Crippen LogP contribution in [-0.2, 0) is 12.8 Å². The quantitative estimate of drug-likeness (QED) is 0.637. The molecule has 0 bridgehead atoms. The second kappa shape index (κ2) is 7.74. The number of para-hydroxylation sites is 1. The fraction of sp³-hybridized carbons (Fsp3) is 0.368. The highest BCUT2D eigenvalue weighted by Gasteiger charge is 2.10. The first kappa shape index (κ1) is 14.6. The average Bonchev–Trinajstić information content (AvgIpc) is 2.48. The highest BCUT2D eigenvalue weighted by atomic mass is 16.5. The summed E-state index contributed by atoms with van der Waals surface area (Å²) in [5.41, 5.74) is 2.74. The van der Waals surface area contributed by atoms with E-state index in [1.54, 1.807) is 0 Å². The number of ether oxygens (including phenoxy) is 1. The van der Waals surface area contributed by atoms with Crippen molar-refractivity contribution in [3.63, 3.8) is 0 Å². The Balaban J connectivity index is 2.28. The first-order chi connectivity index (χ1) is 9.85. The number of aryl methyl sites for hydroxylation is 1. The summed E-state index contributed by atoms with van der Waals surface area (Å²) >= 11 is 0. The van der Waals surface area contributed by atoms with E-state index in [-0.39, 0.29) is 0 Å². The van der Waals surface area contributed by atoms with Crippen molar-refractivity contribution in [2.75, 3.05) is 0 Å². The van der Waals surface area contributed by atoms with Crippen LogP contribution in [0.5, 0.6) is 11.5 Å². The van der Waals surface area contributed by atoms with Crippen molar-refractivity contribution in [2.24, 2.45) is 0 Å². The molecule has 0 saturated carbocycles. The molecule has 0 amide bonds. The molecule has 0 aliphatic carbocycles. The summed E-state index contributed by atoms with van der Waals surface area (Å²) in [6.07, 6.45) is 5.74. The van der Waals surface area contributed by atoms with E-state index in [0.717, 1.165) is 30.8 Å². The average molecular weight is 267 g/mol. The van der Waals surface area contributed by atoms with Crippen molar-refractivity contribution in [3.05, 3.63) is 59.7 Å². The van der Waals surface area contributed by atoms with Crippen LogP contribution in [0.4, 0.5) is 0 Å². The molecule has 1 radical (unpaired) electrons. The van der Waals surface area contributed by atoms with Gasteiger partial charge in [0, 0.05) is 6.07 Å². The van der Waals surface area contributed by atoms with E-state index in [1.165, 1.54) is 24.0 Å². The number of hydrogen-bond donors (Lipinski definition) is 0. The van der Waals surface area contributed by atoms with Crippen molar-refractivity contribution >= 4 is 0 Å². The third-order valence-electron chi connectivity index (χ3n) is 3.42. The predicted molar refractivity (Wildman–Crippen MR) is 84.4 cm³/mol. The second-order valence-electron chi connectivity index (χ2n) is 5.08. The molecule has 0 heterocycles. The topological polar surface area (TPSA) is 9.23 Å². The van der Waals surface area contributed by atoms with E-state index in [1.807, 2.05) is 36.4 Å². The monoisotopic (exact) mass is 267 g/mol. The number of hydrogen-bond acceptors (Lipinski definition) is 1. The van der Waals surface area contributed by atoms with E-state index in [9.17, 15) is 0 Å². The molecule has 2 aromatic rings. The van der Waals surface area contributed by atoms with Gasteiger partial charge in [-0.2, -0.15) is 0 Å². The summed E-state index contributed by atoms with van der Waals surface area (Å²) in [5, 5.41) is 0. The fourth-order valence-corrected chi connectivity index (χ4v) is 2.38. The van der Waals surface area contributed by atoms with Gasteiger partial charge in [0.15, 0.2) is 0 Å². The zero-order valence-electron chi connectivity index (χ0n) is 12.5. The fourth-order valence-electron chi connectivity index (χ4n) is 2.38. The Labute approximate surface area is 122 Å². The molecule has 0 fully saturated rings. The SMILES string of the molecule is CCCCc1c(Oc2ccccc2)[c]ccc1CCC. The van der Waals surface area contributed by atoms with Gasteiger partial charge in [-0.05, 0) is 42.5 Å². The molecule has 105 valence electrons. The predicted octanol–water partition coefficient (Wildman–Crippen LogP) is 5.57. The summed E-state index contributed by atoms with van der Waals surface area (Å²) in [6.45, 7) is 4.45. The molecule has 2 aromatic carbocycles. The molecule has 0 atom stereocenters. The van der Waals surface area contributed by atoms with Crippen molar-refractivity contribution in [1.29, 1.82) is 0 Å². The Morgan fingerprint density at radius 2 is 1.75 bits per heavy atom. The van der Waals surface area contributed by atoms with Crippen molar-refractivity contribution < 1.29 is 4.74 Å². The highest BCUT2D eigenvalue weighted by Crippen LogP contribution is 2.29. The molecule has 0 spiro atoms. The third-order valence-corrected chi connectivity index (χ3v) is 3.42. The van der Waals surface area contributed by atoms with Crippen molar-refractivity contribution in [1.82, 2.24) is 0 Å². The van der Waals surface area contributed by atoms with Gasteiger partial charge in [0.05, 0.1) is 0 Å². The lowest BCUT2D eigenvalue weighted by Gasteiger charge is -2.15. The van der Waals surface area contributed by atoms with Gasteiger partial charge in [0.2, 0.25) is 0 Å². The van der Waals surface area contributed by atoms with E-state index in [0.29, 0.717) is 0 Å². The van der Waals surface area contributed by atoms with Crippen LogP contribution < -0.4 is 4.74 Å². The maximum absolute atomic E-state index is 6.04. The van der Waals surface area contributed by atoms with E-state index in [4.69, 9.17) is 4.74 Å². The summed E-state index contributed by atoms with van der Waals surface area (Å²) < 4.78 is 6.04. The van der Waals surface area contributed by atoms with Crippen LogP contribution in [0.3, 0.4) is 0 Å². The number of rotatable bonds is 7. The molecule has 0 aliphatic heterocycles. The van der Waals surface area contributed by atoms with Gasteiger partial charge in [-0.15, -0.1) is 0 Å². The van der Waals surface area contributed by atoms with Gasteiger partial charge in [-0.3, -0.25) is 0 Å². The zero-order chi connectivity index (χ0) is 14.2. The maximum Gasteiger partial charge on any atom is 0.138 e. The lowest BCUT2D eigenvalue weighted by molar-refractivity contribution is 0.472. The lowest BCUT2D eigenvalue weighted by Crippen LogP contribution is -1.98. The number of benzene rings is 2. The molecular weight excluding hydrogens is 244 g/mol. The molecule has 1 nitrogen and oxygen atoms in total. The summed E-state index contributed by atoms with van der Waals surface area (Å²) in [7, 11) is 0. The van der Waals surface area contributed by atoms with E-state index < -0.39 is 0 Å². The van der Waals surface area contributed by atoms with Crippen LogP contribution in [0.25, 0.3) is 0 Å². The standard InChI is InChI=1S/C19H23O/c1-3-5-14-18-16(10-4-2)11-9-15-19(18)20-17-12-7-6-8-13-17/h6-9,11-13H,3-5,10,14H2,1-2H3. The van der Waals surface area contributed by atoms with Crippen LogP contribution in [0.15, 0.2) is 42.5 Å². The van der Waals surface area contributed by atoms with Gasteiger partial charge in [0.25, 0.3) is 0 Å². The Kier molecular flexibility index (Phi) is 5.67.